The Morgan fingerprint density at radius 1 is 0.644 bits per heavy atom. The number of amides is 2. The number of hydrogen-bond acceptors (Lipinski definition) is 14. The third-order valence-electron chi connectivity index (χ3n) is 11.7. The molecule has 2 aromatic carbocycles. The molecule has 0 atom stereocenters. The third kappa shape index (κ3) is 14.5. The lowest BCUT2D eigenvalue weighted by atomic mass is 9.80. The molecule has 2 amide bonds. The molecular formula is C47H54BCl4F2IN10O8. The van der Waals surface area contributed by atoms with Crippen molar-refractivity contribution < 1.29 is 47.4 Å². The zero-order valence-corrected chi connectivity index (χ0v) is 45.1. The second kappa shape index (κ2) is 26.7. The average Bonchev–Trinajstić information content (AvgIpc) is 3.80. The third-order valence-corrected chi connectivity index (χ3v) is 14.3. The van der Waals surface area contributed by atoms with Crippen molar-refractivity contribution in [3.8, 4) is 34.5 Å². The number of hydrogen-bond donors (Lipinski definition) is 2. The molecule has 2 aliphatic rings. The lowest BCUT2D eigenvalue weighted by molar-refractivity contribution is -0.133. The molecule has 0 saturated carbocycles. The van der Waals surface area contributed by atoms with Crippen LogP contribution in [0.4, 0.5) is 20.2 Å². The Morgan fingerprint density at radius 2 is 1.08 bits per heavy atom. The molecule has 2 saturated heterocycles. The van der Waals surface area contributed by atoms with Crippen LogP contribution in [0.5, 0.6) is 23.3 Å². The largest absolute Gasteiger partial charge is 0.495 e. The topological polar surface area (TPSA) is 186 Å². The van der Waals surface area contributed by atoms with Gasteiger partial charge in [0.25, 0.3) is 0 Å². The minimum atomic E-state index is -1.85. The van der Waals surface area contributed by atoms with Crippen LogP contribution in [0.25, 0.3) is 11.3 Å². The van der Waals surface area contributed by atoms with Crippen LogP contribution in [0.2, 0.25) is 20.1 Å². The fourth-order valence-electron chi connectivity index (χ4n) is 7.52. The molecule has 0 radical (unpaired) electrons. The van der Waals surface area contributed by atoms with Crippen LogP contribution in [-0.4, -0.2) is 149 Å². The predicted octanol–water partition coefficient (Wildman–Crippen LogP) is 7.07. The maximum atomic E-state index is 14.4. The number of pyridine rings is 2. The van der Waals surface area contributed by atoms with Crippen LogP contribution in [-0.2, 0) is 22.7 Å². The standard InChI is InChI=1S/C23H24Cl2FN5O3.C17H19Cl2IN4O2.C6H7BFNO3.CH4/c1-14-22(25)23(16-11-20(34-3)27-12-18(16)26)28-31(14)13-21(32)30-8-6-29(7-9-30)15-4-5-17(24)19(10-15)33-2;1-11-16(19)17(20)21-24(11)10-15(25)23-7-5-22(6-8-23)12-3-4-13(18)14(9-12)26-2;1-12-6-2-4(7(10)11)5(8)3-9-6;/h4-5,10-12H,6-9,13H2,1-3H3;3-4,9H,5-8,10H2,1-2H3;2-3,10-11H,1H3;1H4. The number of rotatable bonds is 12. The number of carbonyl (C=O) groups is 2. The quantitative estimate of drug-likeness (QED) is 0.0937. The van der Waals surface area contributed by atoms with Gasteiger partial charge in [-0.3, -0.25) is 19.0 Å². The molecule has 73 heavy (non-hydrogen) atoms. The van der Waals surface area contributed by atoms with E-state index in [1.165, 1.54) is 25.0 Å². The molecular weight excluding hydrogens is 1150 g/mol. The summed E-state index contributed by atoms with van der Waals surface area (Å²) in [6.45, 7) is 9.12. The molecule has 6 heterocycles. The molecule has 2 N–H and O–H groups in total. The van der Waals surface area contributed by atoms with Gasteiger partial charge in [0.15, 0.2) is 5.82 Å². The van der Waals surface area contributed by atoms with Crippen molar-refractivity contribution in [1.82, 2.24) is 39.3 Å². The number of piperazine rings is 2. The zero-order valence-electron chi connectivity index (χ0n) is 39.9. The van der Waals surface area contributed by atoms with Crippen molar-refractivity contribution in [3.05, 3.63) is 108 Å². The Balaban J connectivity index is 0.000000223. The molecule has 26 heteroatoms. The maximum absolute atomic E-state index is 14.4. The van der Waals surface area contributed by atoms with Crippen molar-refractivity contribution in [1.29, 1.82) is 0 Å². The molecule has 2 fully saturated rings. The van der Waals surface area contributed by atoms with Gasteiger partial charge in [0, 0.05) is 99.0 Å². The van der Waals surface area contributed by atoms with Gasteiger partial charge in [-0.05, 0) is 60.7 Å². The van der Waals surface area contributed by atoms with E-state index < -0.39 is 18.8 Å². The number of benzene rings is 2. The SMILES string of the molecule is C.COc1cc(-c2nn(CC(=O)N3CCN(c4ccc(Cl)c(OC)c4)CC3)c(C)c2Cl)c(F)cn1.COc1cc(B(O)O)c(F)cn1.COc1cc(N2CCN(C(=O)Cn3nc(I)c(Cl)c3C)CC2)ccc1Cl. The van der Waals surface area contributed by atoms with Crippen LogP contribution in [0.3, 0.4) is 0 Å². The number of nitrogens with zero attached hydrogens (tertiary/aromatic N) is 10. The van der Waals surface area contributed by atoms with Crippen LogP contribution in [0.1, 0.15) is 18.8 Å². The van der Waals surface area contributed by atoms with Gasteiger partial charge in [0.2, 0.25) is 23.6 Å². The Bertz CT molecular complexity index is 2870. The Kier molecular flexibility index (Phi) is 21.4. The van der Waals surface area contributed by atoms with Crippen molar-refractivity contribution in [2.24, 2.45) is 0 Å². The Morgan fingerprint density at radius 3 is 1.51 bits per heavy atom. The lowest BCUT2D eigenvalue weighted by Crippen LogP contribution is -2.49. The highest BCUT2D eigenvalue weighted by atomic mass is 127. The van der Waals surface area contributed by atoms with Gasteiger partial charge < -0.3 is 48.6 Å². The number of methoxy groups -OCH3 is 4. The molecule has 0 aliphatic carbocycles. The lowest BCUT2D eigenvalue weighted by Gasteiger charge is -2.36. The second-order valence-electron chi connectivity index (χ2n) is 16.0. The summed E-state index contributed by atoms with van der Waals surface area (Å²) < 4.78 is 51.3. The van der Waals surface area contributed by atoms with Crippen LogP contribution in [0.15, 0.2) is 60.9 Å². The highest BCUT2D eigenvalue weighted by Gasteiger charge is 2.27. The van der Waals surface area contributed by atoms with E-state index in [0.717, 1.165) is 52.3 Å². The summed E-state index contributed by atoms with van der Waals surface area (Å²) in [4.78, 5) is 41.0. The van der Waals surface area contributed by atoms with E-state index in [1.807, 2.05) is 42.2 Å². The van der Waals surface area contributed by atoms with Crippen LogP contribution < -0.4 is 34.2 Å². The van der Waals surface area contributed by atoms with Crippen molar-refractivity contribution in [2.45, 2.75) is 34.4 Å². The summed E-state index contributed by atoms with van der Waals surface area (Å²) >= 11 is 26.9. The van der Waals surface area contributed by atoms with E-state index in [9.17, 15) is 18.4 Å². The minimum absolute atomic E-state index is 0. The van der Waals surface area contributed by atoms with E-state index in [1.54, 1.807) is 36.8 Å². The average molecular weight is 1200 g/mol. The number of ether oxygens (including phenoxy) is 4. The molecule has 0 spiro atoms. The first kappa shape index (κ1) is 58.5. The first-order valence-electron chi connectivity index (χ1n) is 22.0. The zero-order chi connectivity index (χ0) is 52.4. The van der Waals surface area contributed by atoms with Crippen LogP contribution >= 0.6 is 69.0 Å². The fraction of sp³-hybridized carbons (Fsp3) is 0.362. The summed E-state index contributed by atoms with van der Waals surface area (Å²) in [5.41, 5.74) is 3.58. The van der Waals surface area contributed by atoms with Gasteiger partial charge >= 0.3 is 7.12 Å². The molecule has 6 aromatic rings. The smallest absolute Gasteiger partial charge is 0.491 e. The van der Waals surface area contributed by atoms with Crippen molar-refractivity contribution >= 4 is 105 Å². The molecule has 8 rings (SSSR count). The van der Waals surface area contributed by atoms with Gasteiger partial charge in [0.1, 0.15) is 39.8 Å². The monoisotopic (exact) mass is 1200 g/mol. The molecule has 18 nitrogen and oxygen atoms in total. The van der Waals surface area contributed by atoms with E-state index in [0.29, 0.717) is 71.5 Å². The summed E-state index contributed by atoms with van der Waals surface area (Å²) in [6.07, 6.45) is 1.92. The first-order valence-corrected chi connectivity index (χ1v) is 24.6. The maximum Gasteiger partial charge on any atom is 0.491 e. The highest BCUT2D eigenvalue weighted by molar-refractivity contribution is 14.1. The van der Waals surface area contributed by atoms with E-state index in [-0.39, 0.29) is 65.8 Å². The number of carbonyl (C=O) groups excluding carboxylic acids is 2. The Labute approximate surface area is 455 Å². The highest BCUT2D eigenvalue weighted by Crippen LogP contribution is 2.34. The fourth-order valence-corrected chi connectivity index (χ4v) is 8.94. The second-order valence-corrected chi connectivity index (χ2v) is 18.5. The van der Waals surface area contributed by atoms with Crippen molar-refractivity contribution in [3.63, 3.8) is 0 Å². The van der Waals surface area contributed by atoms with Crippen molar-refractivity contribution in [2.75, 3.05) is 90.6 Å². The number of anilines is 2. The molecule has 0 unspecified atom stereocenters. The number of halogens is 7. The van der Waals surface area contributed by atoms with Crippen LogP contribution in [0, 0.1) is 29.2 Å². The summed E-state index contributed by atoms with van der Waals surface area (Å²) in [6, 6.07) is 13.9. The molecule has 392 valence electrons. The van der Waals surface area contributed by atoms with Gasteiger partial charge in [-0.25, -0.2) is 18.7 Å². The predicted molar refractivity (Wildman–Crippen MR) is 287 cm³/mol. The summed E-state index contributed by atoms with van der Waals surface area (Å²) in [7, 11) is 4.13. The van der Waals surface area contributed by atoms with Gasteiger partial charge in [-0.2, -0.15) is 10.2 Å². The van der Waals surface area contributed by atoms with Gasteiger partial charge in [0.05, 0.1) is 72.3 Å². The number of aromatic nitrogens is 6. The Hall–Kier alpha value is -5.37. The molecule has 2 aliphatic heterocycles. The molecule has 4 aromatic heterocycles. The van der Waals surface area contributed by atoms with Gasteiger partial charge in [-0.15, -0.1) is 0 Å². The summed E-state index contributed by atoms with van der Waals surface area (Å²) in [5, 5.41) is 28.1. The van der Waals surface area contributed by atoms with E-state index in [4.69, 9.17) is 70.7 Å². The van der Waals surface area contributed by atoms with E-state index in [2.05, 4.69) is 57.3 Å². The van der Waals surface area contributed by atoms with E-state index >= 15 is 0 Å². The normalized spacial score (nSPS) is 13.2. The van der Waals surface area contributed by atoms with Gasteiger partial charge in [-0.1, -0.05) is 53.8 Å². The minimum Gasteiger partial charge on any atom is -0.495 e. The summed E-state index contributed by atoms with van der Waals surface area (Å²) in [5.74, 6) is 0.267. The molecule has 0 bridgehead atoms. The first-order chi connectivity index (χ1) is 34.4.